The van der Waals surface area contributed by atoms with Gasteiger partial charge in [-0.25, -0.2) is 0 Å². The lowest BCUT2D eigenvalue weighted by molar-refractivity contribution is 0.0384. The molecule has 0 aliphatic rings. The van der Waals surface area contributed by atoms with Crippen molar-refractivity contribution in [1.82, 2.24) is 10.3 Å². The first kappa shape index (κ1) is 12.6. The first-order valence-electron chi connectivity index (χ1n) is 5.30. The van der Waals surface area contributed by atoms with Crippen molar-refractivity contribution in [1.29, 1.82) is 0 Å². The van der Waals surface area contributed by atoms with Crippen molar-refractivity contribution in [2.45, 2.75) is 39.3 Å². The second kappa shape index (κ2) is 5.58. The minimum atomic E-state index is -0.612. The molecule has 15 heavy (non-hydrogen) atoms. The van der Waals surface area contributed by atoms with E-state index in [1.54, 1.807) is 11.3 Å². The molecule has 1 rings (SSSR count). The normalized spacial score (nSPS) is 15.5. The van der Waals surface area contributed by atoms with Crippen LogP contribution in [0.1, 0.15) is 32.1 Å². The molecule has 0 fully saturated rings. The Morgan fingerprint density at radius 1 is 1.60 bits per heavy atom. The molecule has 1 aromatic rings. The van der Waals surface area contributed by atoms with E-state index in [1.165, 1.54) is 4.88 Å². The highest BCUT2D eigenvalue weighted by Crippen LogP contribution is 2.15. The second-order valence-corrected chi connectivity index (χ2v) is 5.64. The SMILES string of the molecule is CC(C)CC(C)(O)CNCc1cncs1. The highest BCUT2D eigenvalue weighted by Gasteiger charge is 2.20. The lowest BCUT2D eigenvalue weighted by atomic mass is 9.94. The summed E-state index contributed by atoms with van der Waals surface area (Å²) in [7, 11) is 0. The van der Waals surface area contributed by atoms with E-state index in [2.05, 4.69) is 24.1 Å². The molecule has 0 bridgehead atoms. The molecule has 1 aromatic heterocycles. The van der Waals surface area contributed by atoms with Gasteiger partial charge < -0.3 is 10.4 Å². The summed E-state index contributed by atoms with van der Waals surface area (Å²) in [6.07, 6.45) is 2.68. The fraction of sp³-hybridized carbons (Fsp3) is 0.727. The quantitative estimate of drug-likeness (QED) is 0.783. The van der Waals surface area contributed by atoms with Crippen molar-refractivity contribution in [2.75, 3.05) is 6.54 Å². The van der Waals surface area contributed by atoms with Crippen LogP contribution in [0.5, 0.6) is 0 Å². The Hall–Kier alpha value is -0.450. The zero-order chi connectivity index (χ0) is 11.3. The number of hydrogen-bond acceptors (Lipinski definition) is 4. The molecule has 1 atom stereocenters. The molecule has 86 valence electrons. The maximum absolute atomic E-state index is 10.0. The average Bonchev–Trinajstić information content (AvgIpc) is 2.53. The Balaban J connectivity index is 2.24. The molecule has 0 saturated heterocycles. The van der Waals surface area contributed by atoms with Gasteiger partial charge >= 0.3 is 0 Å². The Morgan fingerprint density at radius 2 is 2.33 bits per heavy atom. The van der Waals surface area contributed by atoms with Crippen molar-refractivity contribution >= 4 is 11.3 Å². The van der Waals surface area contributed by atoms with E-state index in [-0.39, 0.29) is 0 Å². The summed E-state index contributed by atoms with van der Waals surface area (Å²) in [5.74, 6) is 0.519. The van der Waals surface area contributed by atoms with Crippen LogP contribution in [0.15, 0.2) is 11.7 Å². The molecule has 0 saturated carbocycles. The van der Waals surface area contributed by atoms with Gasteiger partial charge in [-0.1, -0.05) is 13.8 Å². The van der Waals surface area contributed by atoms with Crippen LogP contribution >= 0.6 is 11.3 Å². The Bertz CT molecular complexity index is 270. The van der Waals surface area contributed by atoms with E-state index in [0.717, 1.165) is 13.0 Å². The smallest absolute Gasteiger partial charge is 0.0794 e. The number of nitrogens with one attached hydrogen (secondary N) is 1. The molecule has 0 radical (unpaired) electrons. The molecular formula is C11H20N2OS. The van der Waals surface area contributed by atoms with Gasteiger partial charge in [0.15, 0.2) is 0 Å². The largest absolute Gasteiger partial charge is 0.389 e. The van der Waals surface area contributed by atoms with Crippen LogP contribution in [-0.2, 0) is 6.54 Å². The van der Waals surface area contributed by atoms with E-state index < -0.39 is 5.60 Å². The first-order chi connectivity index (χ1) is 6.99. The topological polar surface area (TPSA) is 45.1 Å². The van der Waals surface area contributed by atoms with Gasteiger partial charge in [0.2, 0.25) is 0 Å². The van der Waals surface area contributed by atoms with Crippen molar-refractivity contribution in [2.24, 2.45) is 5.92 Å². The van der Waals surface area contributed by atoms with E-state index in [1.807, 2.05) is 18.6 Å². The molecule has 2 N–H and O–H groups in total. The van der Waals surface area contributed by atoms with Crippen LogP contribution in [0.25, 0.3) is 0 Å². The monoisotopic (exact) mass is 228 g/mol. The number of nitrogens with zero attached hydrogens (tertiary/aromatic N) is 1. The predicted molar refractivity (Wildman–Crippen MR) is 63.9 cm³/mol. The van der Waals surface area contributed by atoms with Crippen molar-refractivity contribution in [3.8, 4) is 0 Å². The highest BCUT2D eigenvalue weighted by molar-refractivity contribution is 7.09. The van der Waals surface area contributed by atoms with Gasteiger partial charge in [0.05, 0.1) is 11.1 Å². The number of rotatable bonds is 6. The maximum Gasteiger partial charge on any atom is 0.0794 e. The fourth-order valence-corrected chi connectivity index (χ4v) is 2.30. The Labute approximate surface area is 95.6 Å². The van der Waals surface area contributed by atoms with Gasteiger partial charge in [-0.2, -0.15) is 0 Å². The lowest BCUT2D eigenvalue weighted by Crippen LogP contribution is -2.38. The molecule has 0 aliphatic carbocycles. The predicted octanol–water partition coefficient (Wildman–Crippen LogP) is 2.03. The molecular weight excluding hydrogens is 208 g/mol. The highest BCUT2D eigenvalue weighted by atomic mass is 32.1. The van der Waals surface area contributed by atoms with Gasteiger partial charge in [-0.05, 0) is 19.3 Å². The zero-order valence-corrected chi connectivity index (χ0v) is 10.5. The lowest BCUT2D eigenvalue weighted by Gasteiger charge is -2.25. The fourth-order valence-electron chi connectivity index (χ4n) is 1.74. The van der Waals surface area contributed by atoms with E-state index in [9.17, 15) is 5.11 Å². The van der Waals surface area contributed by atoms with Crippen LogP contribution in [0.4, 0.5) is 0 Å². The van der Waals surface area contributed by atoms with Crippen LogP contribution in [-0.4, -0.2) is 22.2 Å². The minimum Gasteiger partial charge on any atom is -0.389 e. The van der Waals surface area contributed by atoms with Crippen molar-refractivity contribution in [3.05, 3.63) is 16.6 Å². The third kappa shape index (κ3) is 5.25. The summed E-state index contributed by atoms with van der Waals surface area (Å²) in [4.78, 5) is 5.21. The first-order valence-corrected chi connectivity index (χ1v) is 6.18. The molecule has 0 aliphatic heterocycles. The number of aliphatic hydroxyl groups is 1. The summed E-state index contributed by atoms with van der Waals surface area (Å²) in [5.41, 5.74) is 1.21. The van der Waals surface area contributed by atoms with Gasteiger partial charge in [-0.15, -0.1) is 11.3 Å². The summed E-state index contributed by atoms with van der Waals surface area (Å²) in [5, 5.41) is 13.3. The maximum atomic E-state index is 10.0. The third-order valence-corrected chi connectivity index (χ3v) is 2.92. The number of thiazole rings is 1. The second-order valence-electron chi connectivity index (χ2n) is 4.67. The Morgan fingerprint density at radius 3 is 2.87 bits per heavy atom. The van der Waals surface area contributed by atoms with E-state index >= 15 is 0 Å². The van der Waals surface area contributed by atoms with Crippen molar-refractivity contribution < 1.29 is 5.11 Å². The van der Waals surface area contributed by atoms with Gasteiger partial charge in [0.25, 0.3) is 0 Å². The number of hydrogen-bond donors (Lipinski definition) is 2. The average molecular weight is 228 g/mol. The van der Waals surface area contributed by atoms with Crippen LogP contribution in [0, 0.1) is 5.92 Å². The van der Waals surface area contributed by atoms with Crippen LogP contribution < -0.4 is 5.32 Å². The minimum absolute atomic E-state index is 0.519. The molecule has 0 spiro atoms. The molecule has 1 unspecified atom stereocenters. The van der Waals surface area contributed by atoms with E-state index in [0.29, 0.717) is 12.5 Å². The molecule has 4 heteroatoms. The van der Waals surface area contributed by atoms with Crippen LogP contribution in [0.2, 0.25) is 0 Å². The Kier molecular flexibility index (Phi) is 4.70. The molecule has 0 amide bonds. The molecule has 1 heterocycles. The van der Waals surface area contributed by atoms with Crippen LogP contribution in [0.3, 0.4) is 0 Å². The van der Waals surface area contributed by atoms with Gasteiger partial charge in [0, 0.05) is 24.2 Å². The van der Waals surface area contributed by atoms with Gasteiger partial charge in [-0.3, -0.25) is 4.98 Å². The summed E-state index contributed by atoms with van der Waals surface area (Å²) >= 11 is 1.63. The van der Waals surface area contributed by atoms with Crippen molar-refractivity contribution in [3.63, 3.8) is 0 Å². The zero-order valence-electron chi connectivity index (χ0n) is 9.66. The summed E-state index contributed by atoms with van der Waals surface area (Å²) in [6.45, 7) is 7.55. The summed E-state index contributed by atoms with van der Waals surface area (Å²) < 4.78 is 0. The van der Waals surface area contributed by atoms with E-state index in [4.69, 9.17) is 0 Å². The van der Waals surface area contributed by atoms with Gasteiger partial charge in [0.1, 0.15) is 0 Å². The molecule has 0 aromatic carbocycles. The number of aromatic nitrogens is 1. The standard InChI is InChI=1S/C11H20N2OS/c1-9(2)4-11(3,14)7-12-5-10-6-13-8-15-10/h6,8-9,12,14H,4-5,7H2,1-3H3. The molecule has 3 nitrogen and oxygen atoms in total. The summed E-state index contributed by atoms with van der Waals surface area (Å²) in [6, 6.07) is 0. The third-order valence-electron chi connectivity index (χ3n) is 2.14.